The highest BCUT2D eigenvalue weighted by molar-refractivity contribution is 7.09. The highest BCUT2D eigenvalue weighted by Gasteiger charge is 2.22. The van der Waals surface area contributed by atoms with E-state index in [9.17, 15) is 9.90 Å². The molecule has 0 spiro atoms. The third kappa shape index (κ3) is 3.64. The second-order valence-electron chi connectivity index (χ2n) is 7.39. The minimum atomic E-state index is -0.431. The van der Waals surface area contributed by atoms with Crippen molar-refractivity contribution in [1.82, 2.24) is 4.57 Å². The fourth-order valence-corrected chi connectivity index (χ4v) is 4.72. The van der Waals surface area contributed by atoms with Crippen LogP contribution in [0.4, 0.5) is 0 Å². The Morgan fingerprint density at radius 2 is 2.14 bits per heavy atom. The van der Waals surface area contributed by atoms with E-state index in [1.54, 1.807) is 11.3 Å². The number of benzene rings is 1. The van der Waals surface area contributed by atoms with E-state index in [1.807, 2.05) is 44.2 Å². The molecule has 0 saturated carbocycles. The maximum absolute atomic E-state index is 12.9. The Kier molecular flexibility index (Phi) is 5.38. The molecule has 0 amide bonds. The zero-order chi connectivity index (χ0) is 19.7. The van der Waals surface area contributed by atoms with Gasteiger partial charge < -0.3 is 14.4 Å². The van der Waals surface area contributed by atoms with E-state index in [-0.39, 0.29) is 12.4 Å². The van der Waals surface area contributed by atoms with E-state index >= 15 is 0 Å². The lowest BCUT2D eigenvalue weighted by Gasteiger charge is -2.23. The van der Waals surface area contributed by atoms with Crippen LogP contribution in [0.3, 0.4) is 0 Å². The van der Waals surface area contributed by atoms with Crippen LogP contribution in [0.5, 0.6) is 5.75 Å². The number of ether oxygens (including phenoxy) is 1. The standard InChI is InChI=1S/C23H25NO3S/c1-15-12-20(16(2)24(15)13-17-6-5-11-28-17)22(26)14-27-23-10-4-7-18-19(23)8-3-9-21(18)25/h4-7,10-12,21,25H,3,8-9,13-14H2,1-2H3/t21-/m0/s1. The van der Waals surface area contributed by atoms with E-state index in [1.165, 1.54) is 4.88 Å². The van der Waals surface area contributed by atoms with Crippen LogP contribution in [-0.4, -0.2) is 22.1 Å². The molecule has 4 rings (SSSR count). The van der Waals surface area contributed by atoms with Gasteiger partial charge in [-0.3, -0.25) is 4.79 Å². The summed E-state index contributed by atoms with van der Waals surface area (Å²) in [5.74, 6) is 0.705. The predicted molar refractivity (Wildman–Crippen MR) is 111 cm³/mol. The number of hydrogen-bond donors (Lipinski definition) is 1. The normalized spacial score (nSPS) is 16.0. The number of fused-ring (bicyclic) bond motifs is 1. The molecule has 0 radical (unpaired) electrons. The van der Waals surface area contributed by atoms with Gasteiger partial charge >= 0.3 is 0 Å². The summed E-state index contributed by atoms with van der Waals surface area (Å²) in [5, 5.41) is 12.3. The number of aryl methyl sites for hydroxylation is 1. The molecule has 4 nitrogen and oxygen atoms in total. The summed E-state index contributed by atoms with van der Waals surface area (Å²) in [6, 6.07) is 11.8. The van der Waals surface area contributed by atoms with Crippen molar-refractivity contribution in [3.8, 4) is 5.75 Å². The molecule has 2 heterocycles. The van der Waals surface area contributed by atoms with E-state index < -0.39 is 6.10 Å². The Morgan fingerprint density at radius 1 is 1.29 bits per heavy atom. The zero-order valence-corrected chi connectivity index (χ0v) is 17.1. The lowest BCUT2D eigenvalue weighted by Crippen LogP contribution is -2.16. The third-order valence-corrected chi connectivity index (χ3v) is 6.42. The van der Waals surface area contributed by atoms with Crippen LogP contribution in [0, 0.1) is 13.8 Å². The van der Waals surface area contributed by atoms with E-state index in [2.05, 4.69) is 16.0 Å². The predicted octanol–water partition coefficient (Wildman–Crippen LogP) is 4.85. The molecule has 2 aromatic heterocycles. The molecular weight excluding hydrogens is 370 g/mol. The largest absolute Gasteiger partial charge is 0.485 e. The Bertz CT molecular complexity index is 988. The molecule has 0 aliphatic heterocycles. The molecule has 1 aromatic carbocycles. The number of rotatable bonds is 6. The number of carbonyl (C=O) groups is 1. The van der Waals surface area contributed by atoms with E-state index in [0.717, 1.165) is 59.6 Å². The number of aliphatic hydroxyl groups is 1. The topological polar surface area (TPSA) is 51.5 Å². The monoisotopic (exact) mass is 395 g/mol. The minimum absolute atomic E-state index is 0.00977. The summed E-state index contributed by atoms with van der Waals surface area (Å²) in [6.07, 6.45) is 2.17. The van der Waals surface area contributed by atoms with E-state index in [4.69, 9.17) is 4.74 Å². The average Bonchev–Trinajstić information content (AvgIpc) is 3.30. The lowest BCUT2D eigenvalue weighted by molar-refractivity contribution is 0.0919. The number of aliphatic hydroxyl groups excluding tert-OH is 1. The highest BCUT2D eigenvalue weighted by atomic mass is 32.1. The molecule has 0 unspecified atom stereocenters. The summed E-state index contributed by atoms with van der Waals surface area (Å²) >= 11 is 1.72. The second kappa shape index (κ2) is 7.94. The molecule has 0 fully saturated rings. The fourth-order valence-electron chi connectivity index (χ4n) is 4.03. The molecule has 146 valence electrons. The van der Waals surface area contributed by atoms with Crippen molar-refractivity contribution >= 4 is 17.1 Å². The first-order valence-electron chi connectivity index (χ1n) is 9.69. The first-order valence-corrected chi connectivity index (χ1v) is 10.6. The summed E-state index contributed by atoms with van der Waals surface area (Å²) in [6.45, 7) is 4.82. The number of ketones is 1. The number of thiophene rings is 1. The number of carbonyl (C=O) groups excluding carboxylic acids is 1. The van der Waals surface area contributed by atoms with Crippen molar-refractivity contribution in [2.45, 2.75) is 45.8 Å². The Hall–Kier alpha value is -2.37. The molecule has 1 atom stereocenters. The Balaban J connectivity index is 1.50. The molecule has 0 saturated heterocycles. The molecule has 28 heavy (non-hydrogen) atoms. The minimum Gasteiger partial charge on any atom is -0.485 e. The van der Waals surface area contributed by atoms with Crippen LogP contribution in [0.15, 0.2) is 41.8 Å². The van der Waals surface area contributed by atoms with Gasteiger partial charge in [-0.05, 0) is 67.8 Å². The van der Waals surface area contributed by atoms with Crippen LogP contribution in [0.25, 0.3) is 0 Å². The summed E-state index contributed by atoms with van der Waals surface area (Å²) < 4.78 is 8.09. The number of nitrogens with zero attached hydrogens (tertiary/aromatic N) is 1. The van der Waals surface area contributed by atoms with Gasteiger partial charge in [0.1, 0.15) is 5.75 Å². The van der Waals surface area contributed by atoms with Crippen molar-refractivity contribution < 1.29 is 14.6 Å². The van der Waals surface area contributed by atoms with Gasteiger partial charge in [0.2, 0.25) is 5.78 Å². The van der Waals surface area contributed by atoms with Crippen LogP contribution in [0.1, 0.15) is 56.7 Å². The molecule has 1 aliphatic rings. The van der Waals surface area contributed by atoms with Gasteiger partial charge in [-0.25, -0.2) is 0 Å². The van der Waals surface area contributed by atoms with Gasteiger partial charge in [0.25, 0.3) is 0 Å². The summed E-state index contributed by atoms with van der Waals surface area (Å²) in [4.78, 5) is 14.1. The van der Waals surface area contributed by atoms with Crippen molar-refractivity contribution in [1.29, 1.82) is 0 Å². The lowest BCUT2D eigenvalue weighted by atomic mass is 9.89. The first-order chi connectivity index (χ1) is 13.5. The average molecular weight is 396 g/mol. The molecule has 0 bridgehead atoms. The molecule has 3 aromatic rings. The Morgan fingerprint density at radius 3 is 2.93 bits per heavy atom. The third-order valence-electron chi connectivity index (χ3n) is 5.56. The molecule has 1 N–H and O–H groups in total. The SMILES string of the molecule is Cc1cc(C(=O)COc2cccc3c2CCC[C@@H]3O)c(C)n1Cc1cccs1. The van der Waals surface area contributed by atoms with Crippen molar-refractivity contribution in [3.63, 3.8) is 0 Å². The number of Topliss-reactive ketones (excluding diaryl/α,β-unsaturated/α-hetero) is 1. The van der Waals surface area contributed by atoms with Crippen molar-refractivity contribution in [3.05, 3.63) is 74.7 Å². The smallest absolute Gasteiger partial charge is 0.202 e. The number of hydrogen-bond acceptors (Lipinski definition) is 4. The molecular formula is C23H25NO3S. The molecule has 5 heteroatoms. The maximum atomic E-state index is 12.9. The van der Waals surface area contributed by atoms with Crippen molar-refractivity contribution in [2.75, 3.05) is 6.61 Å². The van der Waals surface area contributed by atoms with E-state index in [0.29, 0.717) is 0 Å². The van der Waals surface area contributed by atoms with Crippen LogP contribution < -0.4 is 4.74 Å². The van der Waals surface area contributed by atoms with Gasteiger partial charge in [0, 0.05) is 21.8 Å². The van der Waals surface area contributed by atoms with Gasteiger partial charge in [-0.2, -0.15) is 0 Å². The van der Waals surface area contributed by atoms with Crippen LogP contribution in [-0.2, 0) is 13.0 Å². The van der Waals surface area contributed by atoms with Crippen molar-refractivity contribution in [2.24, 2.45) is 0 Å². The van der Waals surface area contributed by atoms with Gasteiger partial charge in [-0.1, -0.05) is 18.2 Å². The second-order valence-corrected chi connectivity index (χ2v) is 8.43. The zero-order valence-electron chi connectivity index (χ0n) is 16.3. The summed E-state index contributed by atoms with van der Waals surface area (Å²) in [5.41, 5.74) is 4.75. The maximum Gasteiger partial charge on any atom is 0.202 e. The highest BCUT2D eigenvalue weighted by Crippen LogP contribution is 2.35. The fraction of sp³-hybridized carbons (Fsp3) is 0.348. The van der Waals surface area contributed by atoms with Crippen LogP contribution >= 0.6 is 11.3 Å². The first kappa shape index (κ1) is 19.0. The summed E-state index contributed by atoms with van der Waals surface area (Å²) in [7, 11) is 0. The Labute approximate surface area is 169 Å². The van der Waals surface area contributed by atoms with Gasteiger partial charge in [0.15, 0.2) is 6.61 Å². The quantitative estimate of drug-likeness (QED) is 0.607. The number of aromatic nitrogens is 1. The molecule has 1 aliphatic carbocycles. The van der Waals surface area contributed by atoms with Gasteiger partial charge in [-0.15, -0.1) is 11.3 Å². The van der Waals surface area contributed by atoms with Crippen LogP contribution in [0.2, 0.25) is 0 Å². The van der Waals surface area contributed by atoms with Gasteiger partial charge in [0.05, 0.1) is 12.6 Å².